The van der Waals surface area contributed by atoms with Gasteiger partial charge in [-0.15, -0.1) is 0 Å². The smallest absolute Gasteiger partial charge is 0.240 e. The van der Waals surface area contributed by atoms with Crippen molar-refractivity contribution in [2.24, 2.45) is 0 Å². The Morgan fingerprint density at radius 1 is 1.26 bits per heavy atom. The zero-order valence-corrected chi connectivity index (χ0v) is 12.5. The summed E-state index contributed by atoms with van der Waals surface area (Å²) in [7, 11) is -3.37. The van der Waals surface area contributed by atoms with Crippen molar-refractivity contribution in [3.05, 3.63) is 29.3 Å². The first-order chi connectivity index (χ1) is 8.64. The number of rotatable bonds is 2. The van der Waals surface area contributed by atoms with Crippen LogP contribution >= 0.6 is 0 Å². The van der Waals surface area contributed by atoms with E-state index in [-0.39, 0.29) is 5.78 Å². The molecular weight excluding hydrogens is 262 g/mol. The predicted octanol–water partition coefficient (Wildman–Crippen LogP) is 2.38. The van der Waals surface area contributed by atoms with Crippen LogP contribution in [0.1, 0.15) is 43.6 Å². The van der Waals surface area contributed by atoms with Crippen molar-refractivity contribution in [1.82, 2.24) is 0 Å². The van der Waals surface area contributed by atoms with E-state index in [1.54, 1.807) is 39.0 Å². The molecule has 0 aromatic heterocycles. The maximum atomic E-state index is 12.5. The zero-order chi connectivity index (χ0) is 14.4. The fraction of sp³-hybridized carbons (Fsp3) is 0.500. The Morgan fingerprint density at radius 3 is 2.42 bits per heavy atom. The largest absolute Gasteiger partial charge is 0.295 e. The third-order valence-corrected chi connectivity index (χ3v) is 5.91. The van der Waals surface area contributed by atoms with E-state index >= 15 is 0 Å². The zero-order valence-electron chi connectivity index (χ0n) is 11.7. The molecule has 1 aliphatic rings. The van der Waals surface area contributed by atoms with Gasteiger partial charge in [-0.3, -0.25) is 9.10 Å². The molecule has 1 aromatic rings. The van der Waals surface area contributed by atoms with Crippen LogP contribution in [0.5, 0.6) is 0 Å². The summed E-state index contributed by atoms with van der Waals surface area (Å²) in [4.78, 5) is 11.4. The number of carbonyl (C=O) groups excluding carboxylic acids is 1. The van der Waals surface area contributed by atoms with Crippen molar-refractivity contribution in [3.63, 3.8) is 0 Å². The normalized spacial score (nSPS) is 15.5. The second-order valence-corrected chi connectivity index (χ2v) is 8.45. The highest BCUT2D eigenvalue weighted by atomic mass is 32.2. The molecule has 0 fully saturated rings. The molecule has 0 saturated heterocycles. The number of benzene rings is 1. The van der Waals surface area contributed by atoms with E-state index in [0.717, 1.165) is 5.56 Å². The van der Waals surface area contributed by atoms with Crippen molar-refractivity contribution < 1.29 is 13.2 Å². The Hall–Kier alpha value is -1.36. The Bertz CT molecular complexity index is 627. The van der Waals surface area contributed by atoms with Gasteiger partial charge < -0.3 is 0 Å². The van der Waals surface area contributed by atoms with Crippen LogP contribution in [0.15, 0.2) is 18.2 Å². The minimum absolute atomic E-state index is 0.0000662. The first-order valence-corrected chi connectivity index (χ1v) is 7.75. The lowest BCUT2D eigenvalue weighted by molar-refractivity contribution is 0.101. The molecule has 4 nitrogen and oxygen atoms in total. The van der Waals surface area contributed by atoms with Crippen LogP contribution in [0.2, 0.25) is 0 Å². The third kappa shape index (κ3) is 2.27. The lowest BCUT2D eigenvalue weighted by Gasteiger charge is -2.28. The van der Waals surface area contributed by atoms with Crippen LogP contribution in [0.25, 0.3) is 0 Å². The van der Waals surface area contributed by atoms with Gasteiger partial charge in [0.1, 0.15) is 0 Å². The van der Waals surface area contributed by atoms with Gasteiger partial charge in [0.25, 0.3) is 0 Å². The predicted molar refractivity (Wildman–Crippen MR) is 76.2 cm³/mol. The summed E-state index contributed by atoms with van der Waals surface area (Å²) in [6.45, 7) is 7.06. The van der Waals surface area contributed by atoms with Gasteiger partial charge in [0, 0.05) is 12.1 Å². The summed E-state index contributed by atoms with van der Waals surface area (Å²) in [6, 6.07) is 5.23. The summed E-state index contributed by atoms with van der Waals surface area (Å²) in [5.74, 6) is -0.0000662. The second-order valence-electron chi connectivity index (χ2n) is 5.84. The third-order valence-electron chi connectivity index (χ3n) is 3.40. The van der Waals surface area contributed by atoms with Crippen LogP contribution in [0, 0.1) is 0 Å². The minimum Gasteiger partial charge on any atom is -0.295 e. The van der Waals surface area contributed by atoms with Gasteiger partial charge in [-0.25, -0.2) is 8.42 Å². The Labute approximate surface area is 114 Å². The number of ketones is 1. The van der Waals surface area contributed by atoms with Crippen LogP contribution in [-0.2, 0) is 16.4 Å². The topological polar surface area (TPSA) is 54.5 Å². The second kappa shape index (κ2) is 4.34. The Kier molecular flexibility index (Phi) is 3.21. The maximum Gasteiger partial charge on any atom is 0.240 e. The summed E-state index contributed by atoms with van der Waals surface area (Å²) in [5, 5.41) is 0. The molecule has 1 aromatic carbocycles. The number of hydrogen-bond acceptors (Lipinski definition) is 3. The summed E-state index contributed by atoms with van der Waals surface area (Å²) in [5.41, 5.74) is 2.27. The fourth-order valence-corrected chi connectivity index (χ4v) is 3.60. The van der Waals surface area contributed by atoms with Crippen LogP contribution < -0.4 is 4.31 Å². The van der Waals surface area contributed by atoms with E-state index in [1.807, 2.05) is 0 Å². The molecule has 1 heterocycles. The van der Waals surface area contributed by atoms with E-state index in [9.17, 15) is 13.2 Å². The molecule has 1 aliphatic heterocycles. The molecule has 5 heteroatoms. The van der Waals surface area contributed by atoms with Gasteiger partial charge in [0.15, 0.2) is 5.78 Å². The molecule has 0 aliphatic carbocycles. The van der Waals surface area contributed by atoms with Crippen molar-refractivity contribution in [2.75, 3.05) is 10.8 Å². The molecule has 104 valence electrons. The van der Waals surface area contributed by atoms with E-state index in [0.29, 0.717) is 24.2 Å². The number of carbonyl (C=O) groups is 1. The van der Waals surface area contributed by atoms with Gasteiger partial charge in [0.05, 0.1) is 10.4 Å². The number of hydrogen-bond donors (Lipinski definition) is 0. The monoisotopic (exact) mass is 281 g/mol. The highest BCUT2D eigenvalue weighted by Gasteiger charge is 2.38. The van der Waals surface area contributed by atoms with E-state index in [4.69, 9.17) is 0 Å². The quantitative estimate of drug-likeness (QED) is 0.782. The molecule has 0 radical (unpaired) electrons. The molecular formula is C14H19NO3S. The SMILES string of the molecule is CC(=O)c1ccc2c(c1)CCN2S(=O)(=O)C(C)(C)C. The summed E-state index contributed by atoms with van der Waals surface area (Å²) in [6.07, 6.45) is 0.658. The number of sulfonamides is 1. The number of anilines is 1. The van der Waals surface area contributed by atoms with Gasteiger partial charge in [0.2, 0.25) is 10.0 Å². The highest BCUT2D eigenvalue weighted by molar-refractivity contribution is 7.94. The van der Waals surface area contributed by atoms with E-state index in [1.165, 1.54) is 11.2 Å². The summed E-state index contributed by atoms with van der Waals surface area (Å²) >= 11 is 0. The van der Waals surface area contributed by atoms with E-state index < -0.39 is 14.8 Å². The molecule has 0 bridgehead atoms. The molecule has 0 N–H and O–H groups in total. The van der Waals surface area contributed by atoms with Crippen LogP contribution in [-0.4, -0.2) is 25.5 Å². The number of Topliss-reactive ketones (excluding diaryl/α,β-unsaturated/α-hetero) is 1. The van der Waals surface area contributed by atoms with Gasteiger partial charge in [-0.05, 0) is 57.9 Å². The lowest BCUT2D eigenvalue weighted by Crippen LogP contribution is -2.42. The fourth-order valence-electron chi connectivity index (χ4n) is 2.17. The molecule has 19 heavy (non-hydrogen) atoms. The average Bonchev–Trinajstić information content (AvgIpc) is 2.70. The maximum absolute atomic E-state index is 12.5. The minimum atomic E-state index is -3.37. The molecule has 0 saturated carbocycles. The van der Waals surface area contributed by atoms with Crippen molar-refractivity contribution in [3.8, 4) is 0 Å². The Morgan fingerprint density at radius 2 is 1.89 bits per heavy atom. The highest BCUT2D eigenvalue weighted by Crippen LogP contribution is 2.34. The van der Waals surface area contributed by atoms with Gasteiger partial charge >= 0.3 is 0 Å². The van der Waals surface area contributed by atoms with Crippen molar-refractivity contribution >= 4 is 21.5 Å². The molecule has 0 amide bonds. The first-order valence-electron chi connectivity index (χ1n) is 6.31. The average molecular weight is 281 g/mol. The van der Waals surface area contributed by atoms with E-state index in [2.05, 4.69) is 0 Å². The molecule has 2 rings (SSSR count). The first kappa shape index (κ1) is 14.1. The number of nitrogens with zero attached hydrogens (tertiary/aromatic N) is 1. The number of fused-ring (bicyclic) bond motifs is 1. The van der Waals surface area contributed by atoms with Crippen molar-refractivity contribution in [1.29, 1.82) is 0 Å². The standard InChI is InChI=1S/C14H19NO3S/c1-10(16)11-5-6-13-12(9-11)7-8-15(13)19(17,18)14(2,3)4/h5-6,9H,7-8H2,1-4H3. The Balaban J connectivity index is 2.47. The van der Waals surface area contributed by atoms with Crippen molar-refractivity contribution in [2.45, 2.75) is 38.9 Å². The van der Waals surface area contributed by atoms with Gasteiger partial charge in [-0.1, -0.05) is 0 Å². The van der Waals surface area contributed by atoms with Crippen LogP contribution in [0.3, 0.4) is 0 Å². The van der Waals surface area contributed by atoms with Crippen LogP contribution in [0.4, 0.5) is 5.69 Å². The molecule has 0 unspecified atom stereocenters. The lowest BCUT2D eigenvalue weighted by atomic mass is 10.1. The molecule has 0 atom stereocenters. The van der Waals surface area contributed by atoms with Gasteiger partial charge in [-0.2, -0.15) is 0 Å². The molecule has 0 spiro atoms. The summed E-state index contributed by atoms with van der Waals surface area (Å²) < 4.78 is 25.6.